The SMILES string of the molecule is CCCC1CCC2=C(CC[C@H]3[C@H]2CC[C@@]3(C)O)O1. The highest BCUT2D eigenvalue weighted by Gasteiger charge is 2.48. The molecular weight excluding hydrogens is 224 g/mol. The summed E-state index contributed by atoms with van der Waals surface area (Å²) in [5.74, 6) is 2.41. The van der Waals surface area contributed by atoms with Crippen molar-refractivity contribution in [3.63, 3.8) is 0 Å². The highest BCUT2D eigenvalue weighted by atomic mass is 16.5. The van der Waals surface area contributed by atoms with Gasteiger partial charge in [-0.25, -0.2) is 0 Å². The van der Waals surface area contributed by atoms with Gasteiger partial charge in [0.05, 0.1) is 17.5 Å². The third-order valence-electron chi connectivity index (χ3n) is 5.39. The predicted molar refractivity (Wildman–Crippen MR) is 72.1 cm³/mol. The number of hydrogen-bond donors (Lipinski definition) is 1. The summed E-state index contributed by atoms with van der Waals surface area (Å²) in [7, 11) is 0. The molecule has 3 rings (SSSR count). The van der Waals surface area contributed by atoms with E-state index in [1.54, 1.807) is 5.57 Å². The Morgan fingerprint density at radius 3 is 2.89 bits per heavy atom. The molecule has 1 aliphatic heterocycles. The molecule has 0 spiro atoms. The number of ether oxygens (including phenoxy) is 1. The van der Waals surface area contributed by atoms with E-state index in [4.69, 9.17) is 4.74 Å². The molecule has 0 bridgehead atoms. The molecule has 0 amide bonds. The smallest absolute Gasteiger partial charge is 0.0985 e. The Hall–Kier alpha value is -0.500. The van der Waals surface area contributed by atoms with Crippen molar-refractivity contribution in [2.75, 3.05) is 0 Å². The van der Waals surface area contributed by atoms with Gasteiger partial charge < -0.3 is 9.84 Å². The summed E-state index contributed by atoms with van der Waals surface area (Å²) in [6.45, 7) is 4.27. The van der Waals surface area contributed by atoms with Gasteiger partial charge in [0.15, 0.2) is 0 Å². The van der Waals surface area contributed by atoms with E-state index in [9.17, 15) is 5.11 Å². The van der Waals surface area contributed by atoms with Gasteiger partial charge in [0, 0.05) is 6.42 Å². The van der Waals surface area contributed by atoms with Crippen molar-refractivity contribution in [2.45, 2.75) is 76.9 Å². The molecule has 2 aliphatic carbocycles. The standard InChI is InChI=1S/C16H26O2/c1-3-4-11-5-6-13-12-9-10-16(2,17)14(12)7-8-15(13)18-11/h11-12,14,17H,3-10H2,1-2H3/t11?,12-,14-,16+/m0/s1. The minimum Gasteiger partial charge on any atom is -0.495 e. The van der Waals surface area contributed by atoms with Crippen LogP contribution in [0.5, 0.6) is 0 Å². The molecule has 0 saturated heterocycles. The summed E-state index contributed by atoms with van der Waals surface area (Å²) in [6, 6.07) is 0. The molecule has 18 heavy (non-hydrogen) atoms. The highest BCUT2D eigenvalue weighted by Crippen LogP contribution is 2.52. The van der Waals surface area contributed by atoms with E-state index in [1.165, 1.54) is 31.4 Å². The molecule has 1 fully saturated rings. The minimum absolute atomic E-state index is 0.427. The lowest BCUT2D eigenvalue weighted by Gasteiger charge is -2.39. The normalized spacial score (nSPS) is 43.4. The van der Waals surface area contributed by atoms with E-state index in [0.717, 1.165) is 25.7 Å². The van der Waals surface area contributed by atoms with Crippen LogP contribution in [0, 0.1) is 11.8 Å². The molecule has 3 aliphatic rings. The molecule has 4 atom stereocenters. The third kappa shape index (κ3) is 1.99. The van der Waals surface area contributed by atoms with Gasteiger partial charge in [-0.15, -0.1) is 0 Å². The van der Waals surface area contributed by atoms with Gasteiger partial charge in [0.25, 0.3) is 0 Å². The number of fused-ring (bicyclic) bond motifs is 2. The lowest BCUT2D eigenvalue weighted by Crippen LogP contribution is -2.36. The molecule has 0 aromatic rings. The predicted octanol–water partition coefficient (Wildman–Crippen LogP) is 3.79. The van der Waals surface area contributed by atoms with Crippen LogP contribution in [0.2, 0.25) is 0 Å². The maximum atomic E-state index is 10.5. The van der Waals surface area contributed by atoms with Gasteiger partial charge in [-0.05, 0) is 62.9 Å². The van der Waals surface area contributed by atoms with E-state index >= 15 is 0 Å². The first kappa shape index (κ1) is 12.5. The van der Waals surface area contributed by atoms with Crippen LogP contribution in [-0.4, -0.2) is 16.8 Å². The maximum Gasteiger partial charge on any atom is 0.0985 e. The van der Waals surface area contributed by atoms with Crippen LogP contribution in [-0.2, 0) is 4.74 Å². The second-order valence-electron chi connectivity index (χ2n) is 6.66. The highest BCUT2D eigenvalue weighted by molar-refractivity contribution is 5.23. The van der Waals surface area contributed by atoms with Crippen LogP contribution >= 0.6 is 0 Å². The first-order chi connectivity index (χ1) is 8.62. The molecule has 1 N–H and O–H groups in total. The Morgan fingerprint density at radius 2 is 2.11 bits per heavy atom. The molecule has 0 aromatic heterocycles. The monoisotopic (exact) mass is 250 g/mol. The molecule has 2 heteroatoms. The average Bonchev–Trinajstić information content (AvgIpc) is 2.66. The molecule has 1 unspecified atom stereocenters. The van der Waals surface area contributed by atoms with Crippen LogP contribution in [0.3, 0.4) is 0 Å². The van der Waals surface area contributed by atoms with Crippen molar-refractivity contribution in [3.05, 3.63) is 11.3 Å². The van der Waals surface area contributed by atoms with Gasteiger partial charge in [-0.3, -0.25) is 0 Å². The minimum atomic E-state index is -0.427. The van der Waals surface area contributed by atoms with Gasteiger partial charge >= 0.3 is 0 Å². The molecule has 0 aromatic carbocycles. The maximum absolute atomic E-state index is 10.5. The average molecular weight is 250 g/mol. The van der Waals surface area contributed by atoms with Gasteiger partial charge in [-0.2, -0.15) is 0 Å². The van der Waals surface area contributed by atoms with Crippen LogP contribution < -0.4 is 0 Å². The van der Waals surface area contributed by atoms with E-state index in [2.05, 4.69) is 6.92 Å². The van der Waals surface area contributed by atoms with Gasteiger partial charge in [-0.1, -0.05) is 13.3 Å². The van der Waals surface area contributed by atoms with Gasteiger partial charge in [0.1, 0.15) is 0 Å². The lowest BCUT2D eigenvalue weighted by atomic mass is 9.73. The summed E-state index contributed by atoms with van der Waals surface area (Å²) < 4.78 is 6.21. The Bertz CT molecular complexity index is 356. The lowest BCUT2D eigenvalue weighted by molar-refractivity contribution is -0.00507. The van der Waals surface area contributed by atoms with Crippen LogP contribution in [0.1, 0.15) is 65.2 Å². The summed E-state index contributed by atoms with van der Waals surface area (Å²) in [4.78, 5) is 0. The van der Waals surface area contributed by atoms with Crippen LogP contribution in [0.25, 0.3) is 0 Å². The summed E-state index contributed by atoms with van der Waals surface area (Å²) in [5.41, 5.74) is 1.14. The molecule has 1 heterocycles. The van der Waals surface area contributed by atoms with Crippen molar-refractivity contribution in [2.24, 2.45) is 11.8 Å². The van der Waals surface area contributed by atoms with Crippen molar-refractivity contribution >= 4 is 0 Å². The first-order valence-electron chi connectivity index (χ1n) is 7.72. The molecular formula is C16H26O2. The van der Waals surface area contributed by atoms with Crippen molar-refractivity contribution in [1.82, 2.24) is 0 Å². The Labute approximate surface area is 110 Å². The molecule has 1 saturated carbocycles. The Morgan fingerprint density at radius 1 is 1.28 bits per heavy atom. The van der Waals surface area contributed by atoms with Crippen LogP contribution in [0.15, 0.2) is 11.3 Å². The van der Waals surface area contributed by atoms with E-state index in [1.807, 2.05) is 6.92 Å². The fraction of sp³-hybridized carbons (Fsp3) is 0.875. The van der Waals surface area contributed by atoms with Crippen molar-refractivity contribution in [3.8, 4) is 0 Å². The summed E-state index contributed by atoms with van der Waals surface area (Å²) in [5, 5.41) is 10.5. The molecule has 0 radical (unpaired) electrons. The van der Waals surface area contributed by atoms with Gasteiger partial charge in [0.2, 0.25) is 0 Å². The Kier molecular flexibility index (Phi) is 3.17. The zero-order valence-corrected chi connectivity index (χ0v) is 11.7. The quantitative estimate of drug-likeness (QED) is 0.808. The second kappa shape index (κ2) is 4.56. The number of allylic oxidation sites excluding steroid dienone is 2. The number of aliphatic hydroxyl groups is 1. The fourth-order valence-electron chi connectivity index (χ4n) is 4.41. The Balaban J connectivity index is 1.78. The third-order valence-corrected chi connectivity index (χ3v) is 5.39. The van der Waals surface area contributed by atoms with E-state index in [-0.39, 0.29) is 0 Å². The second-order valence-corrected chi connectivity index (χ2v) is 6.66. The van der Waals surface area contributed by atoms with E-state index in [0.29, 0.717) is 17.9 Å². The zero-order chi connectivity index (χ0) is 12.8. The largest absolute Gasteiger partial charge is 0.495 e. The topological polar surface area (TPSA) is 29.5 Å². The van der Waals surface area contributed by atoms with Crippen LogP contribution in [0.4, 0.5) is 0 Å². The number of hydrogen-bond acceptors (Lipinski definition) is 2. The van der Waals surface area contributed by atoms with Crippen molar-refractivity contribution in [1.29, 1.82) is 0 Å². The summed E-state index contributed by atoms with van der Waals surface area (Å²) >= 11 is 0. The zero-order valence-electron chi connectivity index (χ0n) is 11.7. The first-order valence-corrected chi connectivity index (χ1v) is 7.72. The molecule has 102 valence electrons. The van der Waals surface area contributed by atoms with Crippen molar-refractivity contribution < 1.29 is 9.84 Å². The molecule has 2 nitrogen and oxygen atoms in total. The van der Waals surface area contributed by atoms with E-state index < -0.39 is 5.60 Å². The summed E-state index contributed by atoms with van der Waals surface area (Å²) in [6.07, 6.45) is 9.61. The fourth-order valence-corrected chi connectivity index (χ4v) is 4.41. The number of rotatable bonds is 2.